The summed E-state index contributed by atoms with van der Waals surface area (Å²) in [6.45, 7) is 1.83. The Balaban J connectivity index is 1.53. The standard InChI is InChI=1S/C25H21ClN2O4S/c1-16-7-8-20(15-23(16)26)28-33(30,31)21-11-9-19(10-12-21)27-25(29)22-13-17-5-3-4-6-18(17)14-24(22)32-2/h3-15,28H,1-2H3,(H,27,29). The predicted octanol–water partition coefficient (Wildman–Crippen LogP) is 5.86. The predicted molar refractivity (Wildman–Crippen MR) is 132 cm³/mol. The number of hydrogen-bond acceptors (Lipinski definition) is 4. The summed E-state index contributed by atoms with van der Waals surface area (Å²) in [5.74, 6) is 0.0898. The van der Waals surface area contributed by atoms with Gasteiger partial charge in [0, 0.05) is 10.7 Å². The lowest BCUT2D eigenvalue weighted by Crippen LogP contribution is -2.15. The number of methoxy groups -OCH3 is 1. The van der Waals surface area contributed by atoms with Crippen LogP contribution >= 0.6 is 11.6 Å². The number of carbonyl (C=O) groups excluding carboxylic acids is 1. The third-order valence-corrected chi connectivity index (χ3v) is 6.96. The molecular formula is C25H21ClN2O4S. The van der Waals surface area contributed by atoms with Gasteiger partial charge in [0.05, 0.1) is 23.3 Å². The normalized spacial score (nSPS) is 11.2. The maximum Gasteiger partial charge on any atom is 0.261 e. The van der Waals surface area contributed by atoms with Crippen LogP contribution in [0, 0.1) is 6.92 Å². The van der Waals surface area contributed by atoms with Gasteiger partial charge in [-0.3, -0.25) is 9.52 Å². The van der Waals surface area contributed by atoms with Crippen LogP contribution in [0.3, 0.4) is 0 Å². The molecule has 0 radical (unpaired) electrons. The van der Waals surface area contributed by atoms with Crippen molar-refractivity contribution < 1.29 is 17.9 Å². The molecule has 0 aromatic heterocycles. The number of rotatable bonds is 6. The van der Waals surface area contributed by atoms with Crippen LogP contribution in [0.1, 0.15) is 15.9 Å². The zero-order chi connectivity index (χ0) is 23.6. The van der Waals surface area contributed by atoms with Crippen LogP contribution in [0.25, 0.3) is 10.8 Å². The molecule has 168 valence electrons. The van der Waals surface area contributed by atoms with Crippen LogP contribution < -0.4 is 14.8 Å². The zero-order valence-corrected chi connectivity index (χ0v) is 19.5. The highest BCUT2D eigenvalue weighted by atomic mass is 35.5. The molecule has 8 heteroatoms. The Bertz CT molecular complexity index is 1450. The number of benzene rings is 4. The van der Waals surface area contributed by atoms with Gasteiger partial charge in [-0.05, 0) is 71.8 Å². The molecule has 33 heavy (non-hydrogen) atoms. The highest BCUT2D eigenvalue weighted by molar-refractivity contribution is 7.92. The minimum atomic E-state index is -3.82. The Kier molecular flexibility index (Phi) is 6.26. The minimum Gasteiger partial charge on any atom is -0.496 e. The van der Waals surface area contributed by atoms with Crippen molar-refractivity contribution in [2.24, 2.45) is 0 Å². The molecule has 0 fully saturated rings. The number of fused-ring (bicyclic) bond motifs is 1. The first-order chi connectivity index (χ1) is 15.8. The molecule has 0 unspecified atom stereocenters. The first-order valence-electron chi connectivity index (χ1n) is 10.0. The van der Waals surface area contributed by atoms with Crippen LogP contribution in [0.4, 0.5) is 11.4 Å². The molecule has 6 nitrogen and oxygen atoms in total. The van der Waals surface area contributed by atoms with E-state index in [1.165, 1.54) is 31.4 Å². The first-order valence-corrected chi connectivity index (χ1v) is 11.9. The Morgan fingerprint density at radius 1 is 0.879 bits per heavy atom. The number of hydrogen-bond donors (Lipinski definition) is 2. The van der Waals surface area contributed by atoms with Crippen LogP contribution in [0.2, 0.25) is 5.02 Å². The molecule has 0 saturated heterocycles. The van der Waals surface area contributed by atoms with Crippen molar-refractivity contribution in [3.63, 3.8) is 0 Å². The number of anilines is 2. The Morgan fingerprint density at radius 2 is 1.52 bits per heavy atom. The summed E-state index contributed by atoms with van der Waals surface area (Å²) in [6, 6.07) is 22.1. The van der Waals surface area contributed by atoms with Gasteiger partial charge in [-0.1, -0.05) is 41.9 Å². The molecule has 0 heterocycles. The molecule has 0 spiro atoms. The summed E-state index contributed by atoms with van der Waals surface area (Å²) in [6.07, 6.45) is 0. The van der Waals surface area contributed by atoms with E-state index in [0.717, 1.165) is 16.3 Å². The fourth-order valence-corrected chi connectivity index (χ4v) is 4.58. The average Bonchev–Trinajstić information content (AvgIpc) is 2.80. The highest BCUT2D eigenvalue weighted by Crippen LogP contribution is 2.27. The monoisotopic (exact) mass is 480 g/mol. The maximum atomic E-state index is 12.9. The fourth-order valence-electron chi connectivity index (χ4n) is 3.35. The molecule has 4 rings (SSSR count). The van der Waals surface area contributed by atoms with Crippen molar-refractivity contribution in [1.29, 1.82) is 0 Å². The molecule has 1 amide bonds. The number of carbonyl (C=O) groups is 1. The zero-order valence-electron chi connectivity index (χ0n) is 17.9. The Labute approximate surface area is 197 Å². The van der Waals surface area contributed by atoms with Gasteiger partial charge < -0.3 is 10.1 Å². The molecule has 4 aromatic rings. The van der Waals surface area contributed by atoms with Gasteiger partial charge in [0.25, 0.3) is 15.9 Å². The van der Waals surface area contributed by atoms with Crippen molar-refractivity contribution in [1.82, 2.24) is 0 Å². The topological polar surface area (TPSA) is 84.5 Å². The average molecular weight is 481 g/mol. The Morgan fingerprint density at radius 3 is 2.15 bits per heavy atom. The van der Waals surface area contributed by atoms with Gasteiger partial charge in [-0.25, -0.2) is 8.42 Å². The van der Waals surface area contributed by atoms with Crippen molar-refractivity contribution in [2.75, 3.05) is 17.1 Å². The van der Waals surface area contributed by atoms with Gasteiger partial charge in [-0.2, -0.15) is 0 Å². The van der Waals surface area contributed by atoms with E-state index < -0.39 is 10.0 Å². The number of halogens is 1. The summed E-state index contributed by atoms with van der Waals surface area (Å²) >= 11 is 6.08. The highest BCUT2D eigenvalue weighted by Gasteiger charge is 2.17. The summed E-state index contributed by atoms with van der Waals surface area (Å²) < 4.78 is 33.3. The van der Waals surface area contributed by atoms with E-state index in [1.54, 1.807) is 24.3 Å². The third-order valence-electron chi connectivity index (χ3n) is 5.16. The number of nitrogens with one attached hydrogen (secondary N) is 2. The van der Waals surface area contributed by atoms with E-state index in [9.17, 15) is 13.2 Å². The number of sulfonamides is 1. The summed E-state index contributed by atoms with van der Waals surface area (Å²) in [5.41, 5.74) is 2.05. The quantitative estimate of drug-likeness (QED) is 0.362. The number of amides is 1. The third kappa shape index (κ3) is 4.94. The summed E-state index contributed by atoms with van der Waals surface area (Å²) in [5, 5.41) is 5.13. The molecule has 4 aromatic carbocycles. The van der Waals surface area contributed by atoms with Crippen LogP contribution in [0.5, 0.6) is 5.75 Å². The smallest absolute Gasteiger partial charge is 0.261 e. The van der Waals surface area contributed by atoms with Crippen LogP contribution in [-0.4, -0.2) is 21.4 Å². The van der Waals surface area contributed by atoms with Crippen molar-refractivity contribution in [2.45, 2.75) is 11.8 Å². The van der Waals surface area contributed by atoms with Gasteiger partial charge >= 0.3 is 0 Å². The van der Waals surface area contributed by atoms with Crippen molar-refractivity contribution in [3.8, 4) is 5.75 Å². The SMILES string of the molecule is COc1cc2ccccc2cc1C(=O)Nc1ccc(S(=O)(=O)Nc2ccc(C)c(Cl)c2)cc1. The van der Waals surface area contributed by atoms with E-state index in [0.29, 0.717) is 27.7 Å². The molecular weight excluding hydrogens is 460 g/mol. The van der Waals surface area contributed by atoms with E-state index in [4.69, 9.17) is 16.3 Å². The van der Waals surface area contributed by atoms with E-state index >= 15 is 0 Å². The second kappa shape index (κ2) is 9.13. The second-order valence-corrected chi connectivity index (χ2v) is 9.54. The first kappa shape index (κ1) is 22.6. The van der Waals surface area contributed by atoms with Crippen LogP contribution in [-0.2, 0) is 10.0 Å². The molecule has 2 N–H and O–H groups in total. The van der Waals surface area contributed by atoms with Gasteiger partial charge in [-0.15, -0.1) is 0 Å². The van der Waals surface area contributed by atoms with E-state index in [2.05, 4.69) is 10.0 Å². The van der Waals surface area contributed by atoms with Crippen molar-refractivity contribution >= 4 is 49.7 Å². The lowest BCUT2D eigenvalue weighted by atomic mass is 10.1. The van der Waals surface area contributed by atoms with E-state index in [-0.39, 0.29) is 10.8 Å². The molecule has 0 bridgehead atoms. The lowest BCUT2D eigenvalue weighted by Gasteiger charge is -2.12. The molecule has 0 aliphatic rings. The van der Waals surface area contributed by atoms with Gasteiger partial charge in [0.15, 0.2) is 0 Å². The Hall–Kier alpha value is -3.55. The van der Waals surface area contributed by atoms with E-state index in [1.807, 2.05) is 37.3 Å². The summed E-state index contributed by atoms with van der Waals surface area (Å²) in [7, 11) is -2.31. The molecule has 0 aliphatic carbocycles. The fraction of sp³-hybridized carbons (Fsp3) is 0.0800. The lowest BCUT2D eigenvalue weighted by molar-refractivity contribution is 0.102. The maximum absolute atomic E-state index is 12.9. The van der Waals surface area contributed by atoms with Crippen LogP contribution in [0.15, 0.2) is 83.8 Å². The summed E-state index contributed by atoms with van der Waals surface area (Å²) in [4.78, 5) is 12.9. The number of aryl methyl sites for hydroxylation is 1. The van der Waals surface area contributed by atoms with Gasteiger partial charge in [0.1, 0.15) is 5.75 Å². The largest absolute Gasteiger partial charge is 0.496 e. The molecule has 0 saturated carbocycles. The molecule has 0 atom stereocenters. The molecule has 0 aliphatic heterocycles. The number of ether oxygens (including phenoxy) is 1. The van der Waals surface area contributed by atoms with Gasteiger partial charge in [0.2, 0.25) is 0 Å². The minimum absolute atomic E-state index is 0.0560. The second-order valence-electron chi connectivity index (χ2n) is 7.45. The van der Waals surface area contributed by atoms with Crippen molar-refractivity contribution in [3.05, 3.63) is 95.0 Å².